The van der Waals surface area contributed by atoms with Gasteiger partial charge in [0.05, 0.1) is 0 Å². The zero-order valence-corrected chi connectivity index (χ0v) is 12.2. The molecule has 4 heteroatoms. The average molecular weight is 293 g/mol. The predicted molar refractivity (Wildman–Crippen MR) is 82.7 cm³/mol. The highest BCUT2D eigenvalue weighted by Gasteiger charge is 2.03. The number of nitrogens with one attached hydrogen (secondary N) is 1. The van der Waals surface area contributed by atoms with Crippen LogP contribution in [-0.2, 0) is 6.54 Å². The molecule has 20 heavy (non-hydrogen) atoms. The molecule has 0 unspecified atom stereocenters. The summed E-state index contributed by atoms with van der Waals surface area (Å²) < 4.78 is 12.8. The monoisotopic (exact) mass is 292 g/mol. The van der Waals surface area contributed by atoms with E-state index < -0.39 is 0 Å². The van der Waals surface area contributed by atoms with Gasteiger partial charge in [0.2, 0.25) is 0 Å². The standard InChI is InChI=1S/C16H18ClFN2/c1-20(12-13-4-2-3-5-16(13)17)11-10-19-15-8-6-14(18)7-9-15/h2-9,19H,10-12H2,1H3. The number of nitrogens with zero attached hydrogens (tertiary/aromatic N) is 1. The highest BCUT2D eigenvalue weighted by atomic mass is 35.5. The maximum Gasteiger partial charge on any atom is 0.123 e. The first kappa shape index (κ1) is 14.8. The molecule has 0 atom stereocenters. The second kappa shape index (κ2) is 7.27. The summed E-state index contributed by atoms with van der Waals surface area (Å²) in [5.41, 5.74) is 2.05. The van der Waals surface area contributed by atoms with Crippen LogP contribution in [0.4, 0.5) is 10.1 Å². The smallest absolute Gasteiger partial charge is 0.123 e. The molecule has 0 heterocycles. The largest absolute Gasteiger partial charge is 0.384 e. The van der Waals surface area contributed by atoms with Crippen LogP contribution in [0.2, 0.25) is 5.02 Å². The molecule has 2 nitrogen and oxygen atoms in total. The number of anilines is 1. The topological polar surface area (TPSA) is 15.3 Å². The van der Waals surface area contributed by atoms with Crippen LogP contribution in [0.3, 0.4) is 0 Å². The molecule has 0 bridgehead atoms. The Morgan fingerprint density at radius 1 is 1.10 bits per heavy atom. The van der Waals surface area contributed by atoms with Gasteiger partial charge in [0, 0.05) is 30.3 Å². The van der Waals surface area contributed by atoms with Gasteiger partial charge in [-0.2, -0.15) is 0 Å². The van der Waals surface area contributed by atoms with E-state index in [4.69, 9.17) is 11.6 Å². The molecule has 0 aliphatic carbocycles. The van der Waals surface area contributed by atoms with Crippen LogP contribution >= 0.6 is 11.6 Å². The summed E-state index contributed by atoms with van der Waals surface area (Å²) >= 11 is 6.14. The van der Waals surface area contributed by atoms with E-state index in [0.717, 1.165) is 35.9 Å². The minimum absolute atomic E-state index is 0.216. The molecule has 0 spiro atoms. The van der Waals surface area contributed by atoms with Crippen molar-refractivity contribution >= 4 is 17.3 Å². The molecule has 0 aliphatic heterocycles. The summed E-state index contributed by atoms with van der Waals surface area (Å²) in [4.78, 5) is 2.19. The van der Waals surface area contributed by atoms with E-state index in [-0.39, 0.29) is 5.82 Å². The maximum absolute atomic E-state index is 12.8. The van der Waals surface area contributed by atoms with Crippen LogP contribution in [0.15, 0.2) is 48.5 Å². The van der Waals surface area contributed by atoms with Gasteiger partial charge in [-0.3, -0.25) is 0 Å². The Kier molecular flexibility index (Phi) is 5.39. The molecule has 106 valence electrons. The summed E-state index contributed by atoms with van der Waals surface area (Å²) in [6.07, 6.45) is 0. The van der Waals surface area contributed by atoms with Crippen LogP contribution in [0, 0.1) is 5.82 Å². The Hall–Kier alpha value is -1.58. The Morgan fingerprint density at radius 3 is 2.50 bits per heavy atom. The van der Waals surface area contributed by atoms with Crippen LogP contribution < -0.4 is 5.32 Å². The SMILES string of the molecule is CN(CCNc1ccc(F)cc1)Cc1ccccc1Cl. The van der Waals surface area contributed by atoms with Gasteiger partial charge >= 0.3 is 0 Å². The van der Waals surface area contributed by atoms with Crippen LogP contribution in [0.1, 0.15) is 5.56 Å². The van der Waals surface area contributed by atoms with Crippen molar-refractivity contribution in [1.82, 2.24) is 4.90 Å². The van der Waals surface area contributed by atoms with Crippen molar-refractivity contribution in [2.75, 3.05) is 25.5 Å². The molecule has 0 saturated heterocycles. The molecule has 0 fully saturated rings. The second-order valence-electron chi connectivity index (χ2n) is 4.76. The van der Waals surface area contributed by atoms with Gasteiger partial charge in [-0.15, -0.1) is 0 Å². The molecule has 0 radical (unpaired) electrons. The molecule has 0 amide bonds. The highest BCUT2D eigenvalue weighted by molar-refractivity contribution is 6.31. The van der Waals surface area contributed by atoms with Gasteiger partial charge in [0.1, 0.15) is 5.82 Å². The van der Waals surface area contributed by atoms with Gasteiger partial charge in [0.15, 0.2) is 0 Å². The molecule has 0 saturated carbocycles. The average Bonchev–Trinajstić information content (AvgIpc) is 2.44. The van der Waals surface area contributed by atoms with E-state index in [0.29, 0.717) is 0 Å². The molecule has 0 aliphatic rings. The number of hydrogen-bond acceptors (Lipinski definition) is 2. The van der Waals surface area contributed by atoms with E-state index in [1.807, 2.05) is 24.3 Å². The highest BCUT2D eigenvalue weighted by Crippen LogP contribution is 2.16. The predicted octanol–water partition coefficient (Wildman–Crippen LogP) is 4.02. The minimum atomic E-state index is -0.216. The first-order valence-corrected chi connectivity index (χ1v) is 6.94. The van der Waals surface area contributed by atoms with E-state index in [1.54, 1.807) is 12.1 Å². The summed E-state index contributed by atoms with van der Waals surface area (Å²) in [5, 5.41) is 4.06. The van der Waals surface area contributed by atoms with Crippen LogP contribution in [0.5, 0.6) is 0 Å². The summed E-state index contributed by atoms with van der Waals surface area (Å²) in [7, 11) is 2.05. The fraction of sp³-hybridized carbons (Fsp3) is 0.250. The first-order chi connectivity index (χ1) is 9.65. The molecule has 0 aromatic heterocycles. The lowest BCUT2D eigenvalue weighted by Gasteiger charge is -2.18. The number of benzene rings is 2. The fourth-order valence-electron chi connectivity index (χ4n) is 1.96. The van der Waals surface area contributed by atoms with E-state index >= 15 is 0 Å². The maximum atomic E-state index is 12.8. The Balaban J connectivity index is 1.76. The minimum Gasteiger partial charge on any atom is -0.384 e. The van der Waals surface area contributed by atoms with Gasteiger partial charge in [-0.05, 0) is 42.9 Å². The lowest BCUT2D eigenvalue weighted by atomic mass is 10.2. The Morgan fingerprint density at radius 2 is 1.80 bits per heavy atom. The molecule has 1 N–H and O–H groups in total. The van der Waals surface area contributed by atoms with Crippen molar-refractivity contribution in [3.05, 3.63) is 64.9 Å². The van der Waals surface area contributed by atoms with Crippen molar-refractivity contribution in [1.29, 1.82) is 0 Å². The van der Waals surface area contributed by atoms with Crippen molar-refractivity contribution < 1.29 is 4.39 Å². The second-order valence-corrected chi connectivity index (χ2v) is 5.17. The first-order valence-electron chi connectivity index (χ1n) is 6.56. The molecular formula is C16H18ClFN2. The van der Waals surface area contributed by atoms with E-state index in [9.17, 15) is 4.39 Å². The van der Waals surface area contributed by atoms with Gasteiger partial charge in [-0.1, -0.05) is 29.8 Å². The van der Waals surface area contributed by atoms with Gasteiger partial charge in [0.25, 0.3) is 0 Å². The Bertz CT molecular complexity index is 542. The number of likely N-dealkylation sites (N-methyl/N-ethyl adjacent to an activating group) is 1. The quantitative estimate of drug-likeness (QED) is 0.865. The lowest BCUT2D eigenvalue weighted by Crippen LogP contribution is -2.24. The third-order valence-corrected chi connectivity index (χ3v) is 3.43. The molecular weight excluding hydrogens is 275 g/mol. The van der Waals surface area contributed by atoms with Gasteiger partial charge < -0.3 is 10.2 Å². The zero-order valence-electron chi connectivity index (χ0n) is 11.4. The third kappa shape index (κ3) is 4.51. The molecule has 2 rings (SSSR count). The van der Waals surface area contributed by atoms with Crippen molar-refractivity contribution in [2.24, 2.45) is 0 Å². The zero-order chi connectivity index (χ0) is 14.4. The summed E-state index contributed by atoms with van der Waals surface area (Å²) in [6, 6.07) is 14.2. The number of hydrogen-bond donors (Lipinski definition) is 1. The van der Waals surface area contributed by atoms with E-state index in [2.05, 4.69) is 17.3 Å². The van der Waals surface area contributed by atoms with Crippen molar-refractivity contribution in [3.63, 3.8) is 0 Å². The third-order valence-electron chi connectivity index (χ3n) is 3.06. The summed E-state index contributed by atoms with van der Waals surface area (Å²) in [6.45, 7) is 2.49. The normalized spacial score (nSPS) is 10.8. The van der Waals surface area contributed by atoms with Crippen molar-refractivity contribution in [3.8, 4) is 0 Å². The molecule has 2 aromatic rings. The van der Waals surface area contributed by atoms with Crippen LogP contribution in [0.25, 0.3) is 0 Å². The fourth-order valence-corrected chi connectivity index (χ4v) is 2.15. The lowest BCUT2D eigenvalue weighted by molar-refractivity contribution is 0.340. The van der Waals surface area contributed by atoms with Crippen molar-refractivity contribution in [2.45, 2.75) is 6.54 Å². The van der Waals surface area contributed by atoms with Gasteiger partial charge in [-0.25, -0.2) is 4.39 Å². The van der Waals surface area contributed by atoms with Crippen LogP contribution in [-0.4, -0.2) is 25.0 Å². The number of rotatable bonds is 6. The van der Waals surface area contributed by atoms with E-state index in [1.165, 1.54) is 12.1 Å². The molecule has 2 aromatic carbocycles. The number of halogens is 2. The summed E-state index contributed by atoms with van der Waals surface area (Å²) in [5.74, 6) is -0.216. The Labute approximate surface area is 124 Å².